The number of hydrogen-bond donors (Lipinski definition) is 2. The first kappa shape index (κ1) is 32.4. The topological polar surface area (TPSA) is 95.3 Å². The van der Waals surface area contributed by atoms with Gasteiger partial charge in [-0.15, -0.1) is 0 Å². The van der Waals surface area contributed by atoms with E-state index in [1.165, 1.54) is 24.4 Å². The predicted molar refractivity (Wildman–Crippen MR) is 173 cm³/mol. The van der Waals surface area contributed by atoms with Gasteiger partial charge in [0.25, 0.3) is 5.91 Å². The third kappa shape index (κ3) is 7.71. The molecule has 0 aromatic heterocycles. The molecule has 0 saturated carbocycles. The second-order valence-electron chi connectivity index (χ2n) is 11.5. The first-order valence-corrected chi connectivity index (χ1v) is 14.5. The number of nitrogens with zero attached hydrogens (tertiary/aromatic N) is 3. The highest BCUT2D eigenvalue weighted by molar-refractivity contribution is 6.32. The fourth-order valence-electron chi connectivity index (χ4n) is 4.44. The van der Waals surface area contributed by atoms with E-state index in [1.807, 2.05) is 27.7 Å². The van der Waals surface area contributed by atoms with Crippen molar-refractivity contribution in [2.45, 2.75) is 40.2 Å². The maximum absolute atomic E-state index is 14.9. The molecule has 0 fully saturated rings. The van der Waals surface area contributed by atoms with Crippen LogP contribution in [0.3, 0.4) is 0 Å². The quantitative estimate of drug-likeness (QED) is 0.271. The zero-order valence-corrected chi connectivity index (χ0v) is 25.8. The van der Waals surface area contributed by atoms with Crippen molar-refractivity contribution in [3.8, 4) is 0 Å². The molecule has 3 aromatic carbocycles. The summed E-state index contributed by atoms with van der Waals surface area (Å²) in [6, 6.07) is 15.2. The predicted octanol–water partition coefficient (Wildman–Crippen LogP) is 6.85. The van der Waals surface area contributed by atoms with E-state index in [2.05, 4.69) is 27.3 Å². The number of aliphatic imine (C=N–C) groups is 3. The lowest BCUT2D eigenvalue weighted by molar-refractivity contribution is -0.122. The molecule has 0 aliphatic carbocycles. The van der Waals surface area contributed by atoms with E-state index in [1.54, 1.807) is 42.5 Å². The fraction of sp³-hybridized carbons (Fsp3) is 0.265. The lowest BCUT2D eigenvalue weighted by atomic mass is 9.88. The van der Waals surface area contributed by atoms with Crippen LogP contribution in [0.4, 0.5) is 14.5 Å². The number of rotatable bonds is 8. The van der Waals surface area contributed by atoms with Gasteiger partial charge >= 0.3 is 0 Å². The van der Waals surface area contributed by atoms with Gasteiger partial charge in [0.1, 0.15) is 11.6 Å². The van der Waals surface area contributed by atoms with Gasteiger partial charge in [-0.2, -0.15) is 0 Å². The van der Waals surface area contributed by atoms with E-state index >= 15 is 0 Å². The molecule has 2 N–H and O–H groups in total. The van der Waals surface area contributed by atoms with Crippen LogP contribution >= 0.6 is 11.6 Å². The molecule has 44 heavy (non-hydrogen) atoms. The molecule has 1 aliphatic rings. The molecule has 0 spiro atoms. The van der Waals surface area contributed by atoms with Crippen molar-refractivity contribution in [2.75, 3.05) is 13.1 Å². The minimum atomic E-state index is -0.753. The molecule has 228 valence electrons. The van der Waals surface area contributed by atoms with E-state index in [9.17, 15) is 18.4 Å². The summed E-state index contributed by atoms with van der Waals surface area (Å²) in [5, 5.41) is 6.08. The Morgan fingerprint density at radius 1 is 1.07 bits per heavy atom. The van der Waals surface area contributed by atoms with Crippen molar-refractivity contribution < 1.29 is 18.4 Å². The molecule has 1 unspecified atom stereocenters. The summed E-state index contributed by atoms with van der Waals surface area (Å²) in [6.45, 7) is 11.9. The number of nitrogens with one attached hydrogen (secondary N) is 2. The van der Waals surface area contributed by atoms with Gasteiger partial charge in [0.2, 0.25) is 5.91 Å². The van der Waals surface area contributed by atoms with Crippen molar-refractivity contribution in [1.29, 1.82) is 0 Å². The molecule has 3 aromatic rings. The Morgan fingerprint density at radius 3 is 2.39 bits per heavy atom. The second-order valence-corrected chi connectivity index (χ2v) is 11.9. The Balaban J connectivity index is 1.59. The third-order valence-corrected chi connectivity index (χ3v) is 7.57. The van der Waals surface area contributed by atoms with Gasteiger partial charge in [-0.25, -0.2) is 13.8 Å². The van der Waals surface area contributed by atoms with Gasteiger partial charge < -0.3 is 10.6 Å². The average molecular weight is 618 g/mol. The smallest absolute Gasteiger partial charge is 0.251 e. The zero-order valence-electron chi connectivity index (χ0n) is 25.0. The minimum absolute atomic E-state index is 0.00581. The number of carbonyl (C=O) groups is 2. The Hall–Kier alpha value is -4.50. The molecule has 1 heterocycles. The molecule has 10 heteroatoms. The molecule has 0 radical (unpaired) electrons. The van der Waals surface area contributed by atoms with Gasteiger partial charge in [0, 0.05) is 52.5 Å². The molecule has 7 nitrogen and oxygen atoms in total. The number of halogens is 3. The SMILES string of the molecule is C=N/C=C1/CN=C(c2c(F)cccc2F)c2cc(Cl)ccc2C1=Nc1ccc(C(=O)NCCC(=O)NC(C)C(C)(C)C)cc1. The molecule has 1 aliphatic heterocycles. The van der Waals surface area contributed by atoms with E-state index < -0.39 is 11.6 Å². The molecule has 0 saturated heterocycles. The summed E-state index contributed by atoms with van der Waals surface area (Å²) < 4.78 is 29.8. The Morgan fingerprint density at radius 2 is 1.75 bits per heavy atom. The summed E-state index contributed by atoms with van der Waals surface area (Å²) in [5.74, 6) is -1.96. The minimum Gasteiger partial charge on any atom is -0.353 e. The van der Waals surface area contributed by atoms with Crippen molar-refractivity contribution >= 4 is 47.2 Å². The van der Waals surface area contributed by atoms with Crippen LogP contribution in [0.1, 0.15) is 61.2 Å². The summed E-state index contributed by atoms with van der Waals surface area (Å²) in [4.78, 5) is 38.2. The fourth-order valence-corrected chi connectivity index (χ4v) is 4.61. The summed E-state index contributed by atoms with van der Waals surface area (Å²) in [5.41, 5.74) is 2.67. The van der Waals surface area contributed by atoms with Crippen molar-refractivity contribution in [3.63, 3.8) is 0 Å². The Labute approximate surface area is 260 Å². The maximum Gasteiger partial charge on any atom is 0.251 e. The Kier molecular flexibility index (Phi) is 10.2. The van der Waals surface area contributed by atoms with Crippen LogP contribution in [0.2, 0.25) is 5.02 Å². The summed E-state index contributed by atoms with van der Waals surface area (Å²) >= 11 is 6.32. The number of hydrogen-bond acceptors (Lipinski definition) is 5. The van der Waals surface area contributed by atoms with Crippen LogP contribution in [0, 0.1) is 17.0 Å². The average Bonchev–Trinajstić information content (AvgIpc) is 3.10. The van der Waals surface area contributed by atoms with E-state index in [0.29, 0.717) is 38.7 Å². The van der Waals surface area contributed by atoms with Gasteiger partial charge in [0.15, 0.2) is 0 Å². The standard InChI is InChI=1S/C34H34ClF2N5O2/c1-20(34(2,3)4)41-29(43)15-16-39-33(44)21-9-12-24(13-10-21)42-31-22(18-38-5)19-40-32(26-17-23(35)11-14-25(26)31)30-27(36)7-6-8-28(30)37/h6-14,17-18,20H,5,15-16,19H2,1-4H3,(H,39,44)(H,41,43)/b22-18-,42-31?. The molecule has 4 rings (SSSR count). The van der Waals surface area contributed by atoms with Crippen LogP contribution in [-0.2, 0) is 4.79 Å². The number of benzene rings is 3. The number of carbonyl (C=O) groups excluding carboxylic acids is 2. The highest BCUT2D eigenvalue weighted by atomic mass is 35.5. The van der Waals surface area contributed by atoms with Gasteiger partial charge in [-0.1, -0.05) is 44.5 Å². The van der Waals surface area contributed by atoms with Crippen LogP contribution < -0.4 is 10.6 Å². The first-order chi connectivity index (χ1) is 20.9. The van der Waals surface area contributed by atoms with Crippen LogP contribution in [0.25, 0.3) is 0 Å². The monoisotopic (exact) mass is 617 g/mol. The lowest BCUT2D eigenvalue weighted by Gasteiger charge is -2.28. The molecule has 0 bridgehead atoms. The van der Waals surface area contributed by atoms with Gasteiger partial charge in [-0.3, -0.25) is 19.6 Å². The highest BCUT2D eigenvalue weighted by Gasteiger charge is 2.26. The number of fused-ring (bicyclic) bond motifs is 1. The van der Waals surface area contributed by atoms with Crippen molar-refractivity contribution in [3.05, 3.63) is 111 Å². The van der Waals surface area contributed by atoms with Crippen molar-refractivity contribution in [2.24, 2.45) is 20.4 Å². The normalized spacial score (nSPS) is 15.7. The van der Waals surface area contributed by atoms with Crippen LogP contribution in [-0.4, -0.2) is 49.1 Å². The molecule has 2 amide bonds. The molecular weight excluding hydrogens is 584 g/mol. The Bertz CT molecular complexity index is 1650. The highest BCUT2D eigenvalue weighted by Crippen LogP contribution is 2.30. The molecular formula is C34H34ClF2N5O2. The van der Waals surface area contributed by atoms with Gasteiger partial charge in [0.05, 0.1) is 29.2 Å². The second kappa shape index (κ2) is 13.9. The largest absolute Gasteiger partial charge is 0.353 e. The maximum atomic E-state index is 14.9. The van der Waals surface area contributed by atoms with Gasteiger partial charge in [-0.05, 0) is 67.6 Å². The molecule has 1 atom stereocenters. The summed E-state index contributed by atoms with van der Waals surface area (Å²) in [7, 11) is 0. The third-order valence-electron chi connectivity index (χ3n) is 7.33. The van der Waals surface area contributed by atoms with E-state index in [4.69, 9.17) is 16.6 Å². The van der Waals surface area contributed by atoms with Crippen LogP contribution in [0.15, 0.2) is 87.4 Å². The van der Waals surface area contributed by atoms with Crippen LogP contribution in [0.5, 0.6) is 0 Å². The number of amides is 2. The first-order valence-electron chi connectivity index (χ1n) is 14.1. The van der Waals surface area contributed by atoms with E-state index in [0.717, 1.165) is 0 Å². The zero-order chi connectivity index (χ0) is 32.0. The summed E-state index contributed by atoms with van der Waals surface area (Å²) in [6.07, 6.45) is 1.66. The van der Waals surface area contributed by atoms with E-state index in [-0.39, 0.29) is 54.1 Å². The lowest BCUT2D eigenvalue weighted by Crippen LogP contribution is -2.42. The van der Waals surface area contributed by atoms with Crippen molar-refractivity contribution in [1.82, 2.24) is 10.6 Å².